The third-order valence-corrected chi connectivity index (χ3v) is 4.67. The smallest absolute Gasteiger partial charge is 0.0320 e. The summed E-state index contributed by atoms with van der Waals surface area (Å²) >= 11 is 0. The minimum absolute atomic E-state index is 0.409. The maximum absolute atomic E-state index is 2.41. The van der Waals surface area contributed by atoms with Gasteiger partial charge >= 0.3 is 0 Å². The predicted octanol–water partition coefficient (Wildman–Crippen LogP) is 5.34. The zero-order valence-corrected chi connectivity index (χ0v) is 13.6. The van der Waals surface area contributed by atoms with Gasteiger partial charge in [0.05, 0.1) is 0 Å². The van der Waals surface area contributed by atoms with Gasteiger partial charge < -0.3 is 0 Å². The highest BCUT2D eigenvalue weighted by Crippen LogP contribution is 2.25. The van der Waals surface area contributed by atoms with Crippen molar-refractivity contribution in [1.82, 2.24) is 4.90 Å². The van der Waals surface area contributed by atoms with Gasteiger partial charge in [-0.15, -0.1) is 0 Å². The average molecular weight is 289 g/mol. The minimum Gasteiger partial charge on any atom is -0.295 e. The zero-order valence-electron chi connectivity index (χ0n) is 13.6. The van der Waals surface area contributed by atoms with Gasteiger partial charge in [0.2, 0.25) is 0 Å². The van der Waals surface area contributed by atoms with Crippen molar-refractivity contribution in [1.29, 1.82) is 0 Å². The van der Waals surface area contributed by atoms with Crippen molar-refractivity contribution >= 4 is 10.8 Å². The molecular weight excluding hydrogens is 266 g/mol. The van der Waals surface area contributed by atoms with Crippen LogP contribution in [0.1, 0.15) is 29.7 Å². The second-order valence-electron chi connectivity index (χ2n) is 6.07. The summed E-state index contributed by atoms with van der Waals surface area (Å²) in [6.45, 7) is 5.47. The number of hydrogen-bond acceptors (Lipinski definition) is 1. The van der Waals surface area contributed by atoms with Gasteiger partial charge in [-0.05, 0) is 48.4 Å². The van der Waals surface area contributed by atoms with Gasteiger partial charge in [0.15, 0.2) is 0 Å². The molecule has 0 saturated heterocycles. The van der Waals surface area contributed by atoms with E-state index >= 15 is 0 Å². The van der Waals surface area contributed by atoms with E-state index in [0.29, 0.717) is 6.04 Å². The lowest BCUT2D eigenvalue weighted by Crippen LogP contribution is -2.22. The molecule has 0 saturated carbocycles. The fourth-order valence-corrected chi connectivity index (χ4v) is 3.04. The molecule has 1 unspecified atom stereocenters. The number of nitrogens with zero attached hydrogens (tertiary/aromatic N) is 1. The fourth-order valence-electron chi connectivity index (χ4n) is 3.04. The summed E-state index contributed by atoms with van der Waals surface area (Å²) in [5, 5.41) is 2.68. The lowest BCUT2D eigenvalue weighted by Gasteiger charge is -2.26. The second kappa shape index (κ2) is 6.33. The van der Waals surface area contributed by atoms with Crippen LogP contribution in [0.15, 0.2) is 66.7 Å². The number of hydrogen-bond donors (Lipinski definition) is 0. The Labute approximate surface area is 133 Å². The third-order valence-electron chi connectivity index (χ3n) is 4.67. The third kappa shape index (κ3) is 2.90. The molecule has 112 valence electrons. The van der Waals surface area contributed by atoms with Crippen molar-refractivity contribution in [3.8, 4) is 0 Å². The van der Waals surface area contributed by atoms with E-state index in [9.17, 15) is 0 Å². The largest absolute Gasteiger partial charge is 0.295 e. The highest BCUT2D eigenvalue weighted by atomic mass is 15.1. The Bertz CT molecular complexity index is 761. The van der Waals surface area contributed by atoms with E-state index < -0.39 is 0 Å². The highest BCUT2D eigenvalue weighted by molar-refractivity contribution is 5.86. The first-order valence-electron chi connectivity index (χ1n) is 7.89. The standard InChI is InChI=1S/C21H23N/c1-16-20(14-13-19-11-7-8-12-21(16)19)15-22(3)17(2)18-9-5-4-6-10-18/h4-14,17H,15H2,1-3H3. The van der Waals surface area contributed by atoms with E-state index in [4.69, 9.17) is 0 Å². The van der Waals surface area contributed by atoms with Crippen LogP contribution in [0.4, 0.5) is 0 Å². The van der Waals surface area contributed by atoms with Gasteiger partial charge in [-0.2, -0.15) is 0 Å². The Morgan fingerprint density at radius 2 is 1.55 bits per heavy atom. The average Bonchev–Trinajstić information content (AvgIpc) is 2.57. The molecule has 0 heterocycles. The quantitative estimate of drug-likeness (QED) is 0.626. The zero-order chi connectivity index (χ0) is 15.5. The topological polar surface area (TPSA) is 3.24 Å². The first-order chi connectivity index (χ1) is 10.7. The summed E-state index contributed by atoms with van der Waals surface area (Å²) < 4.78 is 0. The van der Waals surface area contributed by atoms with Crippen LogP contribution in [0.25, 0.3) is 10.8 Å². The van der Waals surface area contributed by atoms with E-state index in [-0.39, 0.29) is 0 Å². The number of fused-ring (bicyclic) bond motifs is 1. The van der Waals surface area contributed by atoms with Crippen LogP contribution in [0, 0.1) is 6.92 Å². The summed E-state index contributed by atoms with van der Waals surface area (Å²) in [6, 6.07) is 24.2. The SMILES string of the molecule is Cc1c(CN(C)C(C)c2ccccc2)ccc2ccccc12. The molecule has 0 aromatic heterocycles. The molecule has 22 heavy (non-hydrogen) atoms. The lowest BCUT2D eigenvalue weighted by molar-refractivity contribution is 0.253. The number of aryl methyl sites for hydroxylation is 1. The molecule has 3 aromatic rings. The first kappa shape index (κ1) is 14.8. The molecule has 0 bridgehead atoms. The van der Waals surface area contributed by atoms with Crippen molar-refractivity contribution in [2.24, 2.45) is 0 Å². The summed E-state index contributed by atoms with van der Waals surface area (Å²) in [4.78, 5) is 2.41. The molecule has 0 amide bonds. The van der Waals surface area contributed by atoms with E-state index in [1.165, 1.54) is 27.5 Å². The molecule has 1 heteroatoms. The Morgan fingerprint density at radius 3 is 2.32 bits per heavy atom. The normalized spacial score (nSPS) is 12.7. The van der Waals surface area contributed by atoms with Crippen molar-refractivity contribution < 1.29 is 0 Å². The molecule has 0 aliphatic heterocycles. The van der Waals surface area contributed by atoms with Gasteiger partial charge in [0, 0.05) is 12.6 Å². The predicted molar refractivity (Wildman–Crippen MR) is 95.0 cm³/mol. The Morgan fingerprint density at radius 1 is 0.864 bits per heavy atom. The molecule has 0 spiro atoms. The molecule has 1 nitrogen and oxygen atoms in total. The number of benzene rings is 3. The molecule has 0 aliphatic carbocycles. The van der Waals surface area contributed by atoms with Crippen molar-refractivity contribution in [2.75, 3.05) is 7.05 Å². The van der Waals surface area contributed by atoms with Gasteiger partial charge in [0.1, 0.15) is 0 Å². The number of rotatable bonds is 4. The second-order valence-corrected chi connectivity index (χ2v) is 6.07. The van der Waals surface area contributed by atoms with Gasteiger partial charge in [-0.25, -0.2) is 0 Å². The summed E-state index contributed by atoms with van der Waals surface area (Å²) in [5.41, 5.74) is 4.16. The molecule has 0 fully saturated rings. The van der Waals surface area contributed by atoms with E-state index in [2.05, 4.69) is 92.5 Å². The molecule has 0 aliphatic rings. The highest BCUT2D eigenvalue weighted by Gasteiger charge is 2.13. The van der Waals surface area contributed by atoms with E-state index in [1.54, 1.807) is 0 Å². The molecular formula is C21H23N. The maximum atomic E-state index is 2.41. The Kier molecular flexibility index (Phi) is 4.26. The van der Waals surface area contributed by atoms with Crippen LogP contribution in [0.2, 0.25) is 0 Å². The van der Waals surface area contributed by atoms with Crippen LogP contribution in [-0.2, 0) is 6.54 Å². The Balaban J connectivity index is 1.85. The van der Waals surface area contributed by atoms with E-state index in [1.807, 2.05) is 0 Å². The van der Waals surface area contributed by atoms with Gasteiger partial charge in [-0.3, -0.25) is 4.90 Å². The molecule has 3 aromatic carbocycles. The first-order valence-corrected chi connectivity index (χ1v) is 7.89. The van der Waals surface area contributed by atoms with Gasteiger partial charge in [-0.1, -0.05) is 66.7 Å². The van der Waals surface area contributed by atoms with Crippen LogP contribution in [-0.4, -0.2) is 11.9 Å². The van der Waals surface area contributed by atoms with Crippen LogP contribution < -0.4 is 0 Å². The minimum atomic E-state index is 0.409. The molecule has 1 atom stereocenters. The lowest BCUT2D eigenvalue weighted by atomic mass is 9.99. The summed E-state index contributed by atoms with van der Waals surface area (Å²) in [5.74, 6) is 0. The molecule has 3 rings (SSSR count). The molecule has 0 radical (unpaired) electrons. The van der Waals surface area contributed by atoms with Crippen molar-refractivity contribution in [3.05, 3.63) is 83.4 Å². The van der Waals surface area contributed by atoms with Crippen LogP contribution >= 0.6 is 0 Å². The van der Waals surface area contributed by atoms with E-state index in [0.717, 1.165) is 6.54 Å². The van der Waals surface area contributed by atoms with Crippen LogP contribution in [0.3, 0.4) is 0 Å². The fraction of sp³-hybridized carbons (Fsp3) is 0.238. The summed E-state index contributed by atoms with van der Waals surface area (Å²) in [7, 11) is 2.20. The van der Waals surface area contributed by atoms with Crippen molar-refractivity contribution in [2.45, 2.75) is 26.4 Å². The molecule has 0 N–H and O–H groups in total. The van der Waals surface area contributed by atoms with Crippen LogP contribution in [0.5, 0.6) is 0 Å². The Hall–Kier alpha value is -2.12. The van der Waals surface area contributed by atoms with Crippen molar-refractivity contribution in [3.63, 3.8) is 0 Å². The monoisotopic (exact) mass is 289 g/mol. The summed E-state index contributed by atoms with van der Waals surface area (Å²) in [6.07, 6.45) is 0. The maximum Gasteiger partial charge on any atom is 0.0320 e. The van der Waals surface area contributed by atoms with Gasteiger partial charge in [0.25, 0.3) is 0 Å².